The van der Waals surface area contributed by atoms with Crippen LogP contribution in [0.1, 0.15) is 25.5 Å². The summed E-state index contributed by atoms with van der Waals surface area (Å²) in [6, 6.07) is 3.43. The number of fused-ring (bicyclic) bond motifs is 4. The van der Waals surface area contributed by atoms with Crippen LogP contribution in [0.2, 0.25) is 0 Å². The first-order valence-corrected chi connectivity index (χ1v) is 7.30. The van der Waals surface area contributed by atoms with Gasteiger partial charge in [0.05, 0.1) is 10.5 Å². The Hall–Kier alpha value is -1.01. The van der Waals surface area contributed by atoms with Crippen LogP contribution in [-0.2, 0) is 0 Å². The lowest BCUT2D eigenvalue weighted by Crippen LogP contribution is -2.67. The summed E-state index contributed by atoms with van der Waals surface area (Å²) >= 11 is 8.82. The van der Waals surface area contributed by atoms with Gasteiger partial charge in [0, 0.05) is 18.5 Å². The lowest BCUT2D eigenvalue weighted by molar-refractivity contribution is -0.100. The Bertz CT molecular complexity index is 580. The highest BCUT2D eigenvalue weighted by molar-refractivity contribution is 9.10. The fourth-order valence-corrected chi connectivity index (χ4v) is 3.68. The largest absolute Gasteiger partial charge is 0.508 e. The summed E-state index contributed by atoms with van der Waals surface area (Å²) in [5.74, 6) is 1.19. The molecule has 0 amide bonds. The third-order valence-electron chi connectivity index (χ3n) is 4.30. The van der Waals surface area contributed by atoms with Crippen LogP contribution >= 0.6 is 28.1 Å². The van der Waals surface area contributed by atoms with Gasteiger partial charge in [0.25, 0.3) is 0 Å². The Labute approximate surface area is 125 Å². The van der Waals surface area contributed by atoms with Gasteiger partial charge in [0.15, 0.2) is 10.8 Å². The molecule has 19 heavy (non-hydrogen) atoms. The lowest BCUT2D eigenvalue weighted by Gasteiger charge is -2.55. The third-order valence-corrected chi connectivity index (χ3v) is 5.28. The molecule has 6 heteroatoms. The van der Waals surface area contributed by atoms with Crippen molar-refractivity contribution in [3.05, 3.63) is 22.2 Å². The first-order valence-electron chi connectivity index (χ1n) is 6.10. The lowest BCUT2D eigenvalue weighted by atomic mass is 9.81. The van der Waals surface area contributed by atoms with Crippen molar-refractivity contribution in [3.8, 4) is 11.5 Å². The van der Waals surface area contributed by atoms with E-state index < -0.39 is 5.72 Å². The van der Waals surface area contributed by atoms with E-state index in [1.54, 1.807) is 12.1 Å². The summed E-state index contributed by atoms with van der Waals surface area (Å²) in [5, 5.41) is 13.8. The van der Waals surface area contributed by atoms with E-state index in [1.165, 1.54) is 0 Å². The molecule has 1 aromatic carbocycles. The average Bonchev–Trinajstić information content (AvgIpc) is 2.34. The maximum absolute atomic E-state index is 9.78. The van der Waals surface area contributed by atoms with Gasteiger partial charge in [-0.1, -0.05) is 6.92 Å². The highest BCUT2D eigenvalue weighted by atomic mass is 79.9. The molecule has 102 valence electrons. The van der Waals surface area contributed by atoms with Crippen molar-refractivity contribution in [3.63, 3.8) is 0 Å². The Balaban J connectivity index is 2.22. The number of aromatic hydroxyl groups is 1. The van der Waals surface area contributed by atoms with Crippen molar-refractivity contribution in [1.82, 2.24) is 10.2 Å². The van der Waals surface area contributed by atoms with E-state index in [9.17, 15) is 5.11 Å². The van der Waals surface area contributed by atoms with Gasteiger partial charge in [-0.2, -0.15) is 0 Å². The number of phenols is 1. The molecular formula is C13H15BrN2O2S. The SMILES string of the molecule is CC1C2NC(=S)N(C)C1(C)Oc1c(Br)cc(O)cc12. The van der Waals surface area contributed by atoms with Gasteiger partial charge in [-0.05, 0) is 47.2 Å². The first kappa shape index (κ1) is 13.0. The number of nitrogens with one attached hydrogen (secondary N) is 1. The van der Waals surface area contributed by atoms with E-state index in [1.807, 2.05) is 18.9 Å². The maximum atomic E-state index is 9.78. The number of rotatable bonds is 0. The minimum Gasteiger partial charge on any atom is -0.508 e. The smallest absolute Gasteiger partial charge is 0.186 e. The summed E-state index contributed by atoms with van der Waals surface area (Å²) in [5.41, 5.74) is 0.451. The van der Waals surface area contributed by atoms with Gasteiger partial charge >= 0.3 is 0 Å². The fourth-order valence-electron chi connectivity index (χ4n) is 2.82. The second-order valence-electron chi connectivity index (χ2n) is 5.28. The zero-order valence-corrected chi connectivity index (χ0v) is 13.3. The molecule has 2 bridgehead atoms. The molecule has 2 aliphatic heterocycles. The summed E-state index contributed by atoms with van der Waals surface area (Å²) in [7, 11) is 1.93. The minimum absolute atomic E-state index is 0.0425. The number of nitrogens with zero attached hydrogens (tertiary/aromatic N) is 1. The van der Waals surface area contributed by atoms with Crippen LogP contribution in [0.4, 0.5) is 0 Å². The predicted molar refractivity (Wildman–Crippen MR) is 80.2 cm³/mol. The second kappa shape index (κ2) is 3.99. The summed E-state index contributed by atoms with van der Waals surface area (Å²) < 4.78 is 6.97. The highest BCUT2D eigenvalue weighted by Gasteiger charge is 2.52. The van der Waals surface area contributed by atoms with Crippen LogP contribution < -0.4 is 10.1 Å². The van der Waals surface area contributed by atoms with Crippen molar-refractivity contribution in [2.24, 2.45) is 5.92 Å². The third kappa shape index (κ3) is 1.66. The molecule has 3 unspecified atom stereocenters. The van der Waals surface area contributed by atoms with Gasteiger partial charge in [-0.3, -0.25) is 0 Å². The molecule has 2 N–H and O–H groups in total. The minimum atomic E-state index is -0.487. The summed E-state index contributed by atoms with van der Waals surface area (Å²) in [6.45, 7) is 4.16. The standard InChI is InChI=1S/C13H15BrN2O2S/c1-6-10-8-4-7(17)5-9(14)11(8)18-13(6,2)16(3)12(19)15-10/h4-6,10,17H,1-3H3,(H,15,19). The number of benzene rings is 1. The van der Waals surface area contributed by atoms with Crippen molar-refractivity contribution in [2.45, 2.75) is 25.6 Å². The Kier molecular flexibility index (Phi) is 2.73. The molecule has 1 aromatic rings. The molecule has 1 saturated heterocycles. The van der Waals surface area contributed by atoms with Gasteiger partial charge in [0.1, 0.15) is 11.5 Å². The fraction of sp³-hybridized carbons (Fsp3) is 0.462. The number of hydrogen-bond donors (Lipinski definition) is 2. The Morgan fingerprint density at radius 1 is 1.53 bits per heavy atom. The molecule has 0 aromatic heterocycles. The van der Waals surface area contributed by atoms with Crippen molar-refractivity contribution in [2.75, 3.05) is 7.05 Å². The van der Waals surface area contributed by atoms with Crippen LogP contribution in [0.5, 0.6) is 11.5 Å². The molecule has 2 heterocycles. The maximum Gasteiger partial charge on any atom is 0.186 e. The quantitative estimate of drug-likeness (QED) is 0.710. The molecule has 0 radical (unpaired) electrons. The van der Waals surface area contributed by atoms with Crippen LogP contribution in [0.3, 0.4) is 0 Å². The number of halogens is 1. The molecular weight excluding hydrogens is 328 g/mol. The van der Waals surface area contributed by atoms with Gasteiger partial charge in [-0.15, -0.1) is 0 Å². The molecule has 3 rings (SSSR count). The normalized spacial score (nSPS) is 32.4. The van der Waals surface area contributed by atoms with Crippen LogP contribution in [-0.4, -0.2) is 27.9 Å². The Morgan fingerprint density at radius 2 is 2.21 bits per heavy atom. The highest BCUT2D eigenvalue weighted by Crippen LogP contribution is 2.50. The number of thiocarbonyl (C=S) groups is 1. The van der Waals surface area contributed by atoms with Gasteiger partial charge < -0.3 is 20.1 Å². The molecule has 2 aliphatic rings. The zero-order chi connectivity index (χ0) is 13.9. The van der Waals surface area contributed by atoms with E-state index in [0.717, 1.165) is 15.8 Å². The summed E-state index contributed by atoms with van der Waals surface area (Å²) in [4.78, 5) is 1.95. The van der Waals surface area contributed by atoms with E-state index in [4.69, 9.17) is 17.0 Å². The predicted octanol–water partition coefficient (Wildman–Crippen LogP) is 2.76. The second-order valence-corrected chi connectivity index (χ2v) is 6.52. The molecule has 3 atom stereocenters. The van der Waals surface area contributed by atoms with Crippen LogP contribution in [0.25, 0.3) is 0 Å². The number of phenolic OH excluding ortho intramolecular Hbond substituents is 1. The first-order chi connectivity index (χ1) is 8.84. The van der Waals surface area contributed by atoms with E-state index in [-0.39, 0.29) is 17.7 Å². The van der Waals surface area contributed by atoms with Crippen LogP contribution in [0, 0.1) is 5.92 Å². The van der Waals surface area contributed by atoms with E-state index in [2.05, 4.69) is 28.2 Å². The molecule has 0 spiro atoms. The van der Waals surface area contributed by atoms with E-state index >= 15 is 0 Å². The molecule has 0 saturated carbocycles. The average molecular weight is 343 g/mol. The number of ether oxygens (including phenoxy) is 1. The molecule has 0 aliphatic carbocycles. The Morgan fingerprint density at radius 3 is 2.89 bits per heavy atom. The van der Waals surface area contributed by atoms with Crippen LogP contribution in [0.15, 0.2) is 16.6 Å². The summed E-state index contributed by atoms with van der Waals surface area (Å²) in [6.07, 6.45) is 0. The van der Waals surface area contributed by atoms with Crippen molar-refractivity contribution in [1.29, 1.82) is 0 Å². The monoisotopic (exact) mass is 342 g/mol. The molecule has 4 nitrogen and oxygen atoms in total. The topological polar surface area (TPSA) is 44.7 Å². The van der Waals surface area contributed by atoms with Crippen molar-refractivity contribution >= 4 is 33.3 Å². The van der Waals surface area contributed by atoms with Gasteiger partial charge in [0.2, 0.25) is 0 Å². The van der Waals surface area contributed by atoms with Gasteiger partial charge in [-0.25, -0.2) is 0 Å². The molecule has 1 fully saturated rings. The zero-order valence-electron chi connectivity index (χ0n) is 10.9. The number of hydrogen-bond acceptors (Lipinski definition) is 3. The van der Waals surface area contributed by atoms with E-state index in [0.29, 0.717) is 5.11 Å². The van der Waals surface area contributed by atoms with Crippen molar-refractivity contribution < 1.29 is 9.84 Å².